The van der Waals surface area contributed by atoms with E-state index in [1.165, 1.54) is 0 Å². The van der Waals surface area contributed by atoms with Gasteiger partial charge < -0.3 is 10.2 Å². The number of hydrogen-bond donors (Lipinski definition) is 1. The van der Waals surface area contributed by atoms with Crippen LogP contribution in [0.1, 0.15) is 19.8 Å². The number of carbonyl (C=O) groups is 1. The molecule has 0 saturated carbocycles. The second kappa shape index (κ2) is 7.69. The van der Waals surface area contributed by atoms with Crippen molar-refractivity contribution in [2.45, 2.75) is 19.8 Å². The minimum Gasteiger partial charge on any atom is -0.346 e. The number of unbranched alkanes of at least 4 members (excludes halogenated alkanes) is 1. The predicted octanol–water partition coefficient (Wildman–Crippen LogP) is 1.69. The third-order valence-corrected chi connectivity index (χ3v) is 3.19. The van der Waals surface area contributed by atoms with Gasteiger partial charge in [0.05, 0.1) is 0 Å². The summed E-state index contributed by atoms with van der Waals surface area (Å²) in [6.07, 6.45) is 3.90. The van der Waals surface area contributed by atoms with Gasteiger partial charge in [0.25, 0.3) is 0 Å². The summed E-state index contributed by atoms with van der Waals surface area (Å²) in [6, 6.07) is 0. The first kappa shape index (κ1) is 15.5. The van der Waals surface area contributed by atoms with Crippen molar-refractivity contribution in [3.05, 3.63) is 12.7 Å². The van der Waals surface area contributed by atoms with Gasteiger partial charge in [-0.1, -0.05) is 13.0 Å². The van der Waals surface area contributed by atoms with Gasteiger partial charge in [0.1, 0.15) is 0 Å². The van der Waals surface area contributed by atoms with Crippen molar-refractivity contribution in [1.82, 2.24) is 10.2 Å². The summed E-state index contributed by atoms with van der Waals surface area (Å²) < 4.78 is 0. The highest BCUT2D eigenvalue weighted by atomic mass is 35.5. The van der Waals surface area contributed by atoms with Crippen LogP contribution in [0.25, 0.3) is 0 Å². The number of carbonyl (C=O) groups excluding carboxylic acids is 1. The molecular weight excluding hydrogens is 224 g/mol. The monoisotopic (exact) mass is 246 g/mol. The van der Waals surface area contributed by atoms with Gasteiger partial charge in [-0.2, -0.15) is 0 Å². The number of hydrogen-bond acceptors (Lipinski definition) is 2. The van der Waals surface area contributed by atoms with Crippen molar-refractivity contribution in [2.24, 2.45) is 11.8 Å². The predicted molar refractivity (Wildman–Crippen MR) is 69.8 cm³/mol. The Labute approximate surface area is 105 Å². The lowest BCUT2D eigenvalue weighted by molar-refractivity contribution is -0.136. The molecule has 1 saturated heterocycles. The number of allylic oxidation sites excluding steroid dienone is 1. The minimum absolute atomic E-state index is 0. The molecule has 1 fully saturated rings. The second-order valence-electron chi connectivity index (χ2n) is 4.40. The Hall–Kier alpha value is -0.540. The van der Waals surface area contributed by atoms with Gasteiger partial charge in [-0.15, -0.1) is 19.0 Å². The Morgan fingerprint density at radius 1 is 1.62 bits per heavy atom. The zero-order valence-corrected chi connectivity index (χ0v) is 11.1. The van der Waals surface area contributed by atoms with E-state index in [0.29, 0.717) is 5.92 Å². The fraction of sp³-hybridized carbons (Fsp3) is 0.750. The molecule has 1 atom stereocenters. The van der Waals surface area contributed by atoms with Crippen molar-refractivity contribution in [3.63, 3.8) is 0 Å². The summed E-state index contributed by atoms with van der Waals surface area (Å²) in [5, 5.41) is 3.20. The summed E-state index contributed by atoms with van der Waals surface area (Å²) in [7, 11) is 1.90. The van der Waals surface area contributed by atoms with Gasteiger partial charge in [0.2, 0.25) is 5.91 Å². The average molecular weight is 247 g/mol. The van der Waals surface area contributed by atoms with Crippen LogP contribution < -0.4 is 5.32 Å². The van der Waals surface area contributed by atoms with Gasteiger partial charge in [-0.05, 0) is 31.8 Å². The Bertz CT molecular complexity index is 229. The molecule has 3 nitrogen and oxygen atoms in total. The van der Waals surface area contributed by atoms with Crippen LogP contribution in [0.5, 0.6) is 0 Å². The van der Waals surface area contributed by atoms with Gasteiger partial charge in [-0.3, -0.25) is 4.79 Å². The van der Waals surface area contributed by atoms with E-state index in [2.05, 4.69) is 11.9 Å². The molecule has 1 rings (SSSR count). The standard InChI is InChI=1S/C12H22N2O.ClH/c1-4-5-6-7-14(3)12(15)10(2)11-8-13-9-11;/h4,10-11,13H,1,5-9H2,2-3H3;1H. The van der Waals surface area contributed by atoms with Crippen LogP contribution in [0.2, 0.25) is 0 Å². The van der Waals surface area contributed by atoms with Crippen LogP contribution in [0.4, 0.5) is 0 Å². The molecule has 1 aliphatic rings. The van der Waals surface area contributed by atoms with Crippen LogP contribution in [0, 0.1) is 11.8 Å². The third kappa shape index (κ3) is 4.14. The molecule has 0 spiro atoms. The first-order valence-electron chi connectivity index (χ1n) is 5.73. The van der Waals surface area contributed by atoms with Crippen LogP contribution >= 0.6 is 12.4 Å². The highest BCUT2D eigenvalue weighted by Crippen LogP contribution is 2.18. The van der Waals surface area contributed by atoms with Crippen molar-refractivity contribution < 1.29 is 4.79 Å². The van der Waals surface area contributed by atoms with Crippen LogP contribution in [-0.4, -0.2) is 37.5 Å². The first-order chi connectivity index (χ1) is 7.16. The average Bonchev–Trinajstić information content (AvgIpc) is 2.14. The molecule has 1 aliphatic heterocycles. The molecule has 0 aromatic carbocycles. The maximum Gasteiger partial charge on any atom is 0.225 e. The molecule has 1 amide bonds. The topological polar surface area (TPSA) is 32.3 Å². The van der Waals surface area contributed by atoms with E-state index in [-0.39, 0.29) is 24.2 Å². The highest BCUT2D eigenvalue weighted by Gasteiger charge is 2.30. The summed E-state index contributed by atoms with van der Waals surface area (Å²) in [5.74, 6) is 0.991. The minimum atomic E-state index is 0. The Morgan fingerprint density at radius 2 is 2.25 bits per heavy atom. The normalized spacial score (nSPS) is 16.9. The van der Waals surface area contributed by atoms with Crippen molar-refractivity contribution >= 4 is 18.3 Å². The van der Waals surface area contributed by atoms with E-state index >= 15 is 0 Å². The maximum atomic E-state index is 11.9. The summed E-state index contributed by atoms with van der Waals surface area (Å²) in [5.41, 5.74) is 0. The van der Waals surface area contributed by atoms with Crippen LogP contribution in [-0.2, 0) is 4.79 Å². The molecule has 94 valence electrons. The lowest BCUT2D eigenvalue weighted by Crippen LogP contribution is -2.50. The summed E-state index contributed by atoms with van der Waals surface area (Å²) >= 11 is 0. The molecular formula is C12H23ClN2O. The Morgan fingerprint density at radius 3 is 2.69 bits per heavy atom. The third-order valence-electron chi connectivity index (χ3n) is 3.19. The molecule has 0 aliphatic carbocycles. The number of amides is 1. The molecule has 0 aromatic rings. The number of halogens is 1. The van der Waals surface area contributed by atoms with E-state index in [1.807, 2.05) is 24.9 Å². The summed E-state index contributed by atoms with van der Waals surface area (Å²) in [4.78, 5) is 13.8. The SMILES string of the molecule is C=CCCCN(C)C(=O)C(C)C1CNC1.Cl. The quantitative estimate of drug-likeness (QED) is 0.572. The zero-order valence-electron chi connectivity index (χ0n) is 10.2. The fourth-order valence-corrected chi connectivity index (χ4v) is 1.80. The van der Waals surface area contributed by atoms with Crippen molar-refractivity contribution in [1.29, 1.82) is 0 Å². The molecule has 0 radical (unpaired) electrons. The second-order valence-corrected chi connectivity index (χ2v) is 4.40. The Balaban J connectivity index is 0.00000225. The Kier molecular flexibility index (Phi) is 7.43. The van der Waals surface area contributed by atoms with E-state index in [0.717, 1.165) is 32.5 Å². The van der Waals surface area contributed by atoms with Gasteiger partial charge in [-0.25, -0.2) is 0 Å². The maximum absolute atomic E-state index is 11.9. The van der Waals surface area contributed by atoms with Crippen molar-refractivity contribution in [2.75, 3.05) is 26.7 Å². The van der Waals surface area contributed by atoms with Gasteiger partial charge in [0, 0.05) is 19.5 Å². The van der Waals surface area contributed by atoms with E-state index in [4.69, 9.17) is 0 Å². The van der Waals surface area contributed by atoms with E-state index in [1.54, 1.807) is 0 Å². The molecule has 1 heterocycles. The highest BCUT2D eigenvalue weighted by molar-refractivity contribution is 5.85. The van der Waals surface area contributed by atoms with Crippen LogP contribution in [0.15, 0.2) is 12.7 Å². The molecule has 4 heteroatoms. The molecule has 0 aromatic heterocycles. The molecule has 16 heavy (non-hydrogen) atoms. The van der Waals surface area contributed by atoms with E-state index in [9.17, 15) is 4.79 Å². The van der Waals surface area contributed by atoms with Crippen LogP contribution in [0.3, 0.4) is 0 Å². The molecule has 0 bridgehead atoms. The molecule has 1 unspecified atom stereocenters. The van der Waals surface area contributed by atoms with Crippen molar-refractivity contribution in [3.8, 4) is 0 Å². The smallest absolute Gasteiger partial charge is 0.225 e. The van der Waals surface area contributed by atoms with Gasteiger partial charge in [0.15, 0.2) is 0 Å². The number of nitrogens with one attached hydrogen (secondary N) is 1. The largest absolute Gasteiger partial charge is 0.346 e. The fourth-order valence-electron chi connectivity index (χ4n) is 1.80. The lowest BCUT2D eigenvalue weighted by Gasteiger charge is -2.33. The summed E-state index contributed by atoms with van der Waals surface area (Å²) in [6.45, 7) is 8.55. The molecule has 1 N–H and O–H groups in total. The number of nitrogens with zero attached hydrogens (tertiary/aromatic N) is 1. The zero-order chi connectivity index (χ0) is 11.3. The lowest BCUT2D eigenvalue weighted by atomic mass is 9.88. The number of rotatable bonds is 6. The van der Waals surface area contributed by atoms with Gasteiger partial charge >= 0.3 is 0 Å². The first-order valence-corrected chi connectivity index (χ1v) is 5.73. The van der Waals surface area contributed by atoms with E-state index < -0.39 is 0 Å².